The maximum Gasteiger partial charge on any atom is 0.337 e. The summed E-state index contributed by atoms with van der Waals surface area (Å²) in [4.78, 5) is 23.3. The quantitative estimate of drug-likeness (QED) is 0.534. The second-order valence-electron chi connectivity index (χ2n) is 5.22. The van der Waals surface area contributed by atoms with E-state index in [4.69, 9.17) is 17.0 Å². The summed E-state index contributed by atoms with van der Waals surface area (Å²) in [5, 5.41) is 14.4. The number of hydrogen-bond acceptors (Lipinski definition) is 4. The third kappa shape index (κ3) is 5.79. The van der Waals surface area contributed by atoms with E-state index in [1.807, 2.05) is 19.1 Å². The van der Waals surface area contributed by atoms with Crippen molar-refractivity contribution < 1.29 is 19.4 Å². The second kappa shape index (κ2) is 9.11. The zero-order valence-corrected chi connectivity index (χ0v) is 17.5. The van der Waals surface area contributed by atoms with Gasteiger partial charge in [-0.3, -0.25) is 10.1 Å². The van der Waals surface area contributed by atoms with Gasteiger partial charge in [0.15, 0.2) is 11.7 Å². The number of aryl methyl sites for hydroxylation is 1. The van der Waals surface area contributed by atoms with Crippen molar-refractivity contribution in [2.24, 2.45) is 0 Å². The Labute approximate surface area is 172 Å². The minimum absolute atomic E-state index is 0.00115. The van der Waals surface area contributed by atoms with Gasteiger partial charge in [-0.2, -0.15) is 0 Å². The summed E-state index contributed by atoms with van der Waals surface area (Å²) in [7, 11) is 0. The number of nitrogens with one attached hydrogen (secondary N) is 2. The fourth-order valence-corrected chi connectivity index (χ4v) is 3.50. The molecule has 0 aliphatic carbocycles. The Kier molecular flexibility index (Phi) is 7.13. The molecule has 0 atom stereocenters. The molecule has 2 aromatic carbocycles. The zero-order chi connectivity index (χ0) is 19.3. The molecule has 0 aliphatic heterocycles. The van der Waals surface area contributed by atoms with Crippen molar-refractivity contribution >= 4 is 66.8 Å². The van der Waals surface area contributed by atoms with Crippen LogP contribution in [0.3, 0.4) is 0 Å². The summed E-state index contributed by atoms with van der Waals surface area (Å²) < 4.78 is 6.44. The lowest BCUT2D eigenvalue weighted by molar-refractivity contribution is -0.121. The molecule has 0 spiro atoms. The molecule has 0 aromatic heterocycles. The predicted molar refractivity (Wildman–Crippen MR) is 110 cm³/mol. The van der Waals surface area contributed by atoms with Crippen LogP contribution in [0.15, 0.2) is 45.3 Å². The molecule has 0 aliphatic rings. The fraction of sp³-hybridized carbons (Fsp3) is 0.118. The van der Waals surface area contributed by atoms with Crippen molar-refractivity contribution in [3.8, 4) is 5.75 Å². The van der Waals surface area contributed by atoms with E-state index in [2.05, 4.69) is 42.5 Å². The standard InChI is InChI=1S/C17H14Br2N2O4S/c1-9-2-4-11(5-3-9)25-8-14(22)20-17(26)21-15-12(16(23)24)6-10(18)7-13(15)19/h2-7H,8H2,1H3,(H,23,24)(H2,20,21,22,26). The van der Waals surface area contributed by atoms with Gasteiger partial charge in [-0.25, -0.2) is 4.79 Å². The topological polar surface area (TPSA) is 87.7 Å². The first-order valence-electron chi connectivity index (χ1n) is 7.29. The van der Waals surface area contributed by atoms with Gasteiger partial charge < -0.3 is 15.2 Å². The number of thiocarbonyl (C=S) groups is 1. The normalized spacial score (nSPS) is 10.1. The second-order valence-corrected chi connectivity index (χ2v) is 7.40. The average molecular weight is 502 g/mol. The Morgan fingerprint density at radius 3 is 2.46 bits per heavy atom. The highest BCUT2D eigenvalue weighted by Crippen LogP contribution is 2.30. The number of carbonyl (C=O) groups is 2. The van der Waals surface area contributed by atoms with Crippen molar-refractivity contribution in [1.29, 1.82) is 0 Å². The molecule has 0 radical (unpaired) electrons. The van der Waals surface area contributed by atoms with Crippen molar-refractivity contribution in [2.45, 2.75) is 6.92 Å². The number of benzene rings is 2. The molecule has 0 saturated heterocycles. The third-order valence-electron chi connectivity index (χ3n) is 3.17. The van der Waals surface area contributed by atoms with E-state index in [0.717, 1.165) is 5.56 Å². The Morgan fingerprint density at radius 2 is 1.85 bits per heavy atom. The van der Waals surface area contributed by atoms with Gasteiger partial charge in [0, 0.05) is 8.95 Å². The number of carboxylic acid groups (broad SMARTS) is 1. The fourth-order valence-electron chi connectivity index (χ4n) is 1.96. The number of aromatic carboxylic acids is 1. The molecular weight excluding hydrogens is 488 g/mol. The number of carbonyl (C=O) groups excluding carboxylic acids is 1. The number of rotatable bonds is 5. The summed E-state index contributed by atoms with van der Waals surface area (Å²) >= 11 is 11.6. The Bertz CT molecular complexity index is 857. The molecular formula is C17H14Br2N2O4S. The molecule has 1 amide bonds. The molecule has 2 rings (SSSR count). The van der Waals surface area contributed by atoms with Crippen LogP contribution in [-0.4, -0.2) is 28.7 Å². The van der Waals surface area contributed by atoms with Crippen LogP contribution < -0.4 is 15.4 Å². The lowest BCUT2D eigenvalue weighted by Gasteiger charge is -2.14. The first-order valence-corrected chi connectivity index (χ1v) is 9.28. The lowest BCUT2D eigenvalue weighted by atomic mass is 10.2. The highest BCUT2D eigenvalue weighted by Gasteiger charge is 2.16. The molecule has 0 bridgehead atoms. The van der Waals surface area contributed by atoms with Crippen molar-refractivity contribution in [3.63, 3.8) is 0 Å². The largest absolute Gasteiger partial charge is 0.484 e. The van der Waals surface area contributed by atoms with Gasteiger partial charge in [-0.1, -0.05) is 33.6 Å². The molecule has 136 valence electrons. The first kappa shape index (κ1) is 20.3. The van der Waals surface area contributed by atoms with Crippen molar-refractivity contribution in [3.05, 3.63) is 56.5 Å². The van der Waals surface area contributed by atoms with Gasteiger partial charge in [-0.15, -0.1) is 0 Å². The molecule has 3 N–H and O–H groups in total. The average Bonchev–Trinajstić information content (AvgIpc) is 2.56. The van der Waals surface area contributed by atoms with E-state index < -0.39 is 11.9 Å². The molecule has 0 fully saturated rings. The summed E-state index contributed by atoms with van der Waals surface area (Å²) in [6.07, 6.45) is 0. The molecule has 0 heterocycles. The summed E-state index contributed by atoms with van der Waals surface area (Å²) in [6, 6.07) is 10.4. The number of amides is 1. The van der Waals surface area contributed by atoms with Gasteiger partial charge in [0.25, 0.3) is 5.91 Å². The van der Waals surface area contributed by atoms with Crippen LogP contribution in [0.2, 0.25) is 0 Å². The maximum absolute atomic E-state index is 11.9. The molecule has 0 saturated carbocycles. The van der Waals surface area contributed by atoms with Gasteiger partial charge >= 0.3 is 5.97 Å². The van der Waals surface area contributed by atoms with E-state index in [9.17, 15) is 14.7 Å². The predicted octanol–water partition coefficient (Wildman–Crippen LogP) is 4.11. The maximum atomic E-state index is 11.9. The summed E-state index contributed by atoms with van der Waals surface area (Å²) in [5.41, 5.74) is 1.32. The Balaban J connectivity index is 1.97. The summed E-state index contributed by atoms with van der Waals surface area (Å²) in [5.74, 6) is -1.03. The van der Waals surface area contributed by atoms with Gasteiger partial charge in [0.2, 0.25) is 0 Å². The van der Waals surface area contributed by atoms with Crippen molar-refractivity contribution in [2.75, 3.05) is 11.9 Å². The van der Waals surface area contributed by atoms with Crippen molar-refractivity contribution in [1.82, 2.24) is 5.32 Å². The number of anilines is 1. The van der Waals surface area contributed by atoms with E-state index >= 15 is 0 Å². The van der Waals surface area contributed by atoms with E-state index in [1.165, 1.54) is 6.07 Å². The lowest BCUT2D eigenvalue weighted by Crippen LogP contribution is -2.37. The minimum Gasteiger partial charge on any atom is -0.484 e. The van der Waals surface area contributed by atoms with Gasteiger partial charge in [0.1, 0.15) is 5.75 Å². The van der Waals surface area contributed by atoms with E-state index in [-0.39, 0.29) is 23.0 Å². The van der Waals surface area contributed by atoms with Gasteiger partial charge in [0.05, 0.1) is 11.3 Å². The third-order valence-corrected chi connectivity index (χ3v) is 4.46. The molecule has 6 nitrogen and oxygen atoms in total. The van der Waals surface area contributed by atoms with E-state index in [1.54, 1.807) is 18.2 Å². The molecule has 2 aromatic rings. The Hall–Kier alpha value is -1.97. The monoisotopic (exact) mass is 500 g/mol. The van der Waals surface area contributed by atoms with Crippen LogP contribution in [0.4, 0.5) is 5.69 Å². The summed E-state index contributed by atoms with van der Waals surface area (Å²) in [6.45, 7) is 1.73. The highest BCUT2D eigenvalue weighted by atomic mass is 79.9. The number of ether oxygens (including phenoxy) is 1. The number of hydrogen-bond donors (Lipinski definition) is 3. The SMILES string of the molecule is Cc1ccc(OCC(=O)NC(=S)Nc2c(Br)cc(Br)cc2C(=O)O)cc1. The minimum atomic E-state index is -1.13. The number of carboxylic acids is 1. The zero-order valence-electron chi connectivity index (χ0n) is 13.5. The van der Waals surface area contributed by atoms with Crippen LogP contribution in [0.5, 0.6) is 5.75 Å². The van der Waals surface area contributed by atoms with Crippen LogP contribution in [0.1, 0.15) is 15.9 Å². The van der Waals surface area contributed by atoms with Crippen LogP contribution in [-0.2, 0) is 4.79 Å². The smallest absolute Gasteiger partial charge is 0.337 e. The van der Waals surface area contributed by atoms with Crippen LogP contribution in [0.25, 0.3) is 0 Å². The number of halogens is 2. The highest BCUT2D eigenvalue weighted by molar-refractivity contribution is 9.11. The molecule has 0 unspecified atom stereocenters. The van der Waals surface area contributed by atoms with E-state index in [0.29, 0.717) is 14.7 Å². The van der Waals surface area contributed by atoms with Gasteiger partial charge in [-0.05, 0) is 59.3 Å². The van der Waals surface area contributed by atoms with Crippen LogP contribution in [0, 0.1) is 6.92 Å². The molecule has 9 heteroatoms. The van der Waals surface area contributed by atoms with Crippen LogP contribution >= 0.6 is 44.1 Å². The Morgan fingerprint density at radius 1 is 1.19 bits per heavy atom. The molecule has 26 heavy (non-hydrogen) atoms. The first-order chi connectivity index (χ1) is 12.3.